The number of nitrogens with zero attached hydrogens (tertiary/aromatic N) is 1. The average molecular weight is 411 g/mol. The van der Waals surface area contributed by atoms with Crippen LogP contribution in [-0.4, -0.2) is 35.9 Å². The van der Waals surface area contributed by atoms with Crippen LogP contribution in [0.5, 0.6) is 11.5 Å². The fourth-order valence-corrected chi connectivity index (χ4v) is 2.32. The Kier molecular flexibility index (Phi) is 7.45. The second-order valence-electron chi connectivity index (χ2n) is 5.32. The zero-order chi connectivity index (χ0) is 19.8. The predicted octanol–water partition coefficient (Wildman–Crippen LogP) is 3.37. The van der Waals surface area contributed by atoms with Gasteiger partial charge in [-0.15, -0.1) is 0 Å². The molecule has 9 heteroatoms. The summed E-state index contributed by atoms with van der Waals surface area (Å²) in [4.78, 5) is 22.5. The predicted molar refractivity (Wildman–Crippen MR) is 102 cm³/mol. The van der Waals surface area contributed by atoms with Gasteiger partial charge in [0.05, 0.1) is 11.2 Å². The van der Waals surface area contributed by atoms with Crippen molar-refractivity contribution in [2.45, 2.75) is 13.0 Å². The summed E-state index contributed by atoms with van der Waals surface area (Å²) < 4.78 is 10.5. The number of amides is 1. The Balaban J connectivity index is 1.85. The van der Waals surface area contributed by atoms with Gasteiger partial charge >= 0.3 is 5.97 Å². The van der Waals surface area contributed by atoms with E-state index in [-0.39, 0.29) is 0 Å². The van der Waals surface area contributed by atoms with Crippen LogP contribution >= 0.6 is 23.2 Å². The average Bonchev–Trinajstić information content (AvgIpc) is 2.63. The summed E-state index contributed by atoms with van der Waals surface area (Å²) in [6.07, 6.45) is 0.605. The van der Waals surface area contributed by atoms with Crippen molar-refractivity contribution in [2.75, 3.05) is 6.61 Å². The number of hydrogen-bond donors (Lipinski definition) is 2. The Bertz CT molecular complexity index is 840. The van der Waals surface area contributed by atoms with E-state index >= 15 is 0 Å². The van der Waals surface area contributed by atoms with Crippen molar-refractivity contribution in [3.63, 3.8) is 0 Å². The first-order chi connectivity index (χ1) is 12.8. The smallest absolute Gasteiger partial charge is 0.341 e. The van der Waals surface area contributed by atoms with E-state index in [1.807, 2.05) is 0 Å². The summed E-state index contributed by atoms with van der Waals surface area (Å²) in [6.45, 7) is 1.14. The number of carboxylic acids is 1. The van der Waals surface area contributed by atoms with Gasteiger partial charge in [-0.1, -0.05) is 23.2 Å². The second-order valence-corrected chi connectivity index (χ2v) is 6.16. The maximum Gasteiger partial charge on any atom is 0.341 e. The molecule has 2 aromatic carbocycles. The van der Waals surface area contributed by atoms with Crippen molar-refractivity contribution in [3.8, 4) is 11.5 Å². The number of rotatable bonds is 8. The molecular formula is C18H16Cl2N2O5. The lowest BCUT2D eigenvalue weighted by Crippen LogP contribution is -2.33. The van der Waals surface area contributed by atoms with Gasteiger partial charge in [0, 0.05) is 5.02 Å². The summed E-state index contributed by atoms with van der Waals surface area (Å²) >= 11 is 11.8. The van der Waals surface area contributed by atoms with Crippen molar-refractivity contribution < 1.29 is 24.2 Å². The molecule has 0 heterocycles. The van der Waals surface area contributed by atoms with E-state index in [2.05, 4.69) is 10.5 Å². The quantitative estimate of drug-likeness (QED) is 0.513. The van der Waals surface area contributed by atoms with Crippen LogP contribution in [0.2, 0.25) is 10.0 Å². The van der Waals surface area contributed by atoms with Crippen molar-refractivity contribution in [1.29, 1.82) is 0 Å². The molecule has 1 atom stereocenters. The molecule has 1 amide bonds. The number of benzene rings is 2. The van der Waals surface area contributed by atoms with E-state index < -0.39 is 24.6 Å². The van der Waals surface area contributed by atoms with Gasteiger partial charge in [-0.05, 0) is 55.0 Å². The fourth-order valence-electron chi connectivity index (χ4n) is 1.87. The molecule has 7 nitrogen and oxygen atoms in total. The number of aliphatic carboxylic acids is 1. The number of nitrogens with one attached hydrogen (secondary N) is 1. The molecule has 0 fully saturated rings. The van der Waals surface area contributed by atoms with Gasteiger partial charge in [-0.3, -0.25) is 4.79 Å². The minimum absolute atomic E-state index is 0.302. The molecule has 0 aliphatic carbocycles. The molecule has 27 heavy (non-hydrogen) atoms. The molecule has 0 unspecified atom stereocenters. The first-order valence-corrected chi connectivity index (χ1v) is 8.50. The van der Waals surface area contributed by atoms with Crippen LogP contribution in [0.3, 0.4) is 0 Å². The zero-order valence-corrected chi connectivity index (χ0v) is 15.7. The number of carbonyl (C=O) groups excluding carboxylic acids is 1. The second kappa shape index (κ2) is 9.80. The Morgan fingerprint density at radius 1 is 1.22 bits per heavy atom. The van der Waals surface area contributed by atoms with Gasteiger partial charge in [-0.2, -0.15) is 5.10 Å². The monoisotopic (exact) mass is 410 g/mol. The van der Waals surface area contributed by atoms with Gasteiger partial charge < -0.3 is 14.6 Å². The summed E-state index contributed by atoms with van der Waals surface area (Å²) in [7, 11) is 0. The van der Waals surface area contributed by atoms with E-state index in [4.69, 9.17) is 37.8 Å². The number of hydrogen-bond acceptors (Lipinski definition) is 5. The number of halogens is 2. The summed E-state index contributed by atoms with van der Waals surface area (Å²) in [5.41, 5.74) is 3.05. The van der Waals surface area contributed by atoms with Crippen LogP contribution in [0.4, 0.5) is 0 Å². The molecular weight excluding hydrogens is 395 g/mol. The van der Waals surface area contributed by atoms with Crippen LogP contribution in [0.1, 0.15) is 12.5 Å². The normalized spacial score (nSPS) is 11.8. The van der Waals surface area contributed by atoms with E-state index in [0.717, 1.165) is 0 Å². The third-order valence-corrected chi connectivity index (χ3v) is 3.73. The molecule has 0 radical (unpaired) electrons. The Labute approximate surface area is 165 Å². The molecule has 0 spiro atoms. The van der Waals surface area contributed by atoms with Crippen molar-refractivity contribution >= 4 is 41.3 Å². The summed E-state index contributed by atoms with van der Waals surface area (Å²) in [5, 5.41) is 13.2. The SMILES string of the molecule is C[C@H](Oc1ccc(Cl)cc1Cl)C(=O)N/N=C\c1ccc(OCC(=O)O)cc1. The Morgan fingerprint density at radius 3 is 2.56 bits per heavy atom. The summed E-state index contributed by atoms with van der Waals surface area (Å²) in [5.74, 6) is -0.761. The van der Waals surface area contributed by atoms with Gasteiger partial charge in [0.2, 0.25) is 0 Å². The van der Waals surface area contributed by atoms with Crippen LogP contribution < -0.4 is 14.9 Å². The maximum absolute atomic E-state index is 12.0. The van der Waals surface area contributed by atoms with Gasteiger partial charge in [0.1, 0.15) is 11.5 Å². The molecule has 0 aromatic heterocycles. The van der Waals surface area contributed by atoms with Crippen molar-refractivity contribution in [3.05, 3.63) is 58.1 Å². The first kappa shape index (κ1) is 20.5. The minimum Gasteiger partial charge on any atom is -0.482 e. The first-order valence-electron chi connectivity index (χ1n) is 7.74. The lowest BCUT2D eigenvalue weighted by atomic mass is 10.2. The lowest BCUT2D eigenvalue weighted by Gasteiger charge is -2.14. The highest BCUT2D eigenvalue weighted by Crippen LogP contribution is 2.28. The number of carboxylic acid groups (broad SMARTS) is 1. The van der Waals surface area contributed by atoms with Crippen LogP contribution in [0, 0.1) is 0 Å². The van der Waals surface area contributed by atoms with E-state index in [1.165, 1.54) is 12.3 Å². The van der Waals surface area contributed by atoms with Crippen LogP contribution in [0.25, 0.3) is 0 Å². The third-order valence-electron chi connectivity index (χ3n) is 3.20. The highest BCUT2D eigenvalue weighted by molar-refractivity contribution is 6.35. The Morgan fingerprint density at radius 2 is 1.93 bits per heavy atom. The molecule has 0 aliphatic rings. The molecule has 0 aliphatic heterocycles. The number of ether oxygens (including phenoxy) is 2. The van der Waals surface area contributed by atoms with Crippen LogP contribution in [0.15, 0.2) is 47.6 Å². The highest BCUT2D eigenvalue weighted by atomic mass is 35.5. The lowest BCUT2D eigenvalue weighted by molar-refractivity contribution is -0.139. The minimum atomic E-state index is -1.06. The number of carbonyl (C=O) groups is 2. The molecule has 2 aromatic rings. The summed E-state index contributed by atoms with van der Waals surface area (Å²) in [6, 6.07) is 11.2. The van der Waals surface area contributed by atoms with Crippen molar-refractivity contribution in [2.24, 2.45) is 5.10 Å². The van der Waals surface area contributed by atoms with Crippen molar-refractivity contribution in [1.82, 2.24) is 5.43 Å². The topological polar surface area (TPSA) is 97.2 Å². The van der Waals surface area contributed by atoms with Gasteiger partial charge in [0.15, 0.2) is 12.7 Å². The molecule has 2 N–H and O–H groups in total. The number of hydrazone groups is 1. The maximum atomic E-state index is 12.0. The standard InChI is InChI=1S/C18H16Cl2N2O5/c1-11(27-16-7-4-13(19)8-15(16)20)18(25)22-21-9-12-2-5-14(6-3-12)26-10-17(23)24/h2-9,11H,10H2,1H3,(H,22,25)(H,23,24)/b21-9-/t11-/m0/s1. The van der Waals surface area contributed by atoms with E-state index in [0.29, 0.717) is 27.1 Å². The third kappa shape index (κ3) is 6.80. The molecule has 142 valence electrons. The van der Waals surface area contributed by atoms with Gasteiger partial charge in [-0.25, -0.2) is 10.2 Å². The molecule has 0 saturated carbocycles. The fraction of sp³-hybridized carbons (Fsp3) is 0.167. The van der Waals surface area contributed by atoms with Gasteiger partial charge in [0.25, 0.3) is 5.91 Å². The highest BCUT2D eigenvalue weighted by Gasteiger charge is 2.15. The van der Waals surface area contributed by atoms with E-state index in [1.54, 1.807) is 43.3 Å². The Hall–Kier alpha value is -2.77. The molecule has 2 rings (SSSR count). The molecule has 0 bridgehead atoms. The zero-order valence-electron chi connectivity index (χ0n) is 14.2. The largest absolute Gasteiger partial charge is 0.482 e. The van der Waals surface area contributed by atoms with Crippen LogP contribution in [-0.2, 0) is 9.59 Å². The molecule has 0 saturated heterocycles. The van der Waals surface area contributed by atoms with E-state index in [9.17, 15) is 9.59 Å².